The molecule has 0 saturated carbocycles. The van der Waals surface area contributed by atoms with Crippen molar-refractivity contribution in [1.29, 1.82) is 0 Å². The van der Waals surface area contributed by atoms with E-state index in [0.29, 0.717) is 6.10 Å². The van der Waals surface area contributed by atoms with Gasteiger partial charge < -0.3 is 14.7 Å². The van der Waals surface area contributed by atoms with Crippen molar-refractivity contribution in [3.63, 3.8) is 0 Å². The lowest BCUT2D eigenvalue weighted by Gasteiger charge is -2.40. The van der Waals surface area contributed by atoms with Crippen LogP contribution in [0.15, 0.2) is 0 Å². The van der Waals surface area contributed by atoms with E-state index < -0.39 is 5.60 Å². The van der Waals surface area contributed by atoms with Gasteiger partial charge in [-0.3, -0.25) is 4.90 Å². The maximum Gasteiger partial charge on any atom is 0.0829 e. The molecule has 2 aliphatic rings. The van der Waals surface area contributed by atoms with Crippen molar-refractivity contribution in [2.75, 3.05) is 45.9 Å². The SMILES string of the molecule is CC(C)CN1CCOC(CN2CCC(C)(O)CC2)C1. The van der Waals surface area contributed by atoms with Crippen LogP contribution in [0.1, 0.15) is 33.6 Å². The van der Waals surface area contributed by atoms with Gasteiger partial charge in [0.25, 0.3) is 0 Å². The van der Waals surface area contributed by atoms with E-state index in [1.165, 1.54) is 6.54 Å². The standard InChI is InChI=1S/C15H30N2O2/c1-13(2)10-17-8-9-19-14(12-17)11-16-6-4-15(3,18)5-7-16/h13-14,18H,4-12H2,1-3H3. The quantitative estimate of drug-likeness (QED) is 0.832. The lowest BCUT2D eigenvalue weighted by Crippen LogP contribution is -2.51. The number of piperidine rings is 1. The molecule has 0 radical (unpaired) electrons. The first kappa shape index (κ1) is 15.2. The number of aliphatic hydroxyl groups is 1. The largest absolute Gasteiger partial charge is 0.390 e. The van der Waals surface area contributed by atoms with Crippen molar-refractivity contribution in [2.24, 2.45) is 5.92 Å². The fourth-order valence-corrected chi connectivity index (χ4v) is 3.08. The van der Waals surface area contributed by atoms with Crippen molar-refractivity contribution >= 4 is 0 Å². The third-order valence-corrected chi connectivity index (χ3v) is 4.24. The number of hydrogen-bond acceptors (Lipinski definition) is 4. The average molecular weight is 270 g/mol. The molecule has 2 aliphatic heterocycles. The molecular formula is C15H30N2O2. The molecule has 0 bridgehead atoms. The summed E-state index contributed by atoms with van der Waals surface area (Å²) in [5.74, 6) is 0.726. The third-order valence-electron chi connectivity index (χ3n) is 4.24. The lowest BCUT2D eigenvalue weighted by molar-refractivity contribution is -0.0622. The molecule has 0 aliphatic carbocycles. The van der Waals surface area contributed by atoms with Gasteiger partial charge in [-0.25, -0.2) is 0 Å². The van der Waals surface area contributed by atoms with Crippen LogP contribution in [0, 0.1) is 5.92 Å². The summed E-state index contributed by atoms with van der Waals surface area (Å²) < 4.78 is 5.90. The molecule has 112 valence electrons. The maximum atomic E-state index is 9.97. The molecule has 0 spiro atoms. The molecule has 1 unspecified atom stereocenters. The molecule has 19 heavy (non-hydrogen) atoms. The molecule has 1 atom stereocenters. The van der Waals surface area contributed by atoms with Gasteiger partial charge >= 0.3 is 0 Å². The average Bonchev–Trinajstić information content (AvgIpc) is 2.32. The highest BCUT2D eigenvalue weighted by Gasteiger charge is 2.29. The molecule has 2 fully saturated rings. The van der Waals surface area contributed by atoms with E-state index in [2.05, 4.69) is 23.6 Å². The van der Waals surface area contributed by atoms with Crippen LogP contribution in [-0.2, 0) is 4.74 Å². The zero-order valence-corrected chi connectivity index (χ0v) is 12.8. The van der Waals surface area contributed by atoms with Crippen LogP contribution in [0.5, 0.6) is 0 Å². The van der Waals surface area contributed by atoms with E-state index in [1.807, 2.05) is 6.92 Å². The van der Waals surface area contributed by atoms with Gasteiger partial charge in [0.15, 0.2) is 0 Å². The van der Waals surface area contributed by atoms with Crippen LogP contribution in [0.2, 0.25) is 0 Å². The Bertz CT molecular complexity index is 271. The van der Waals surface area contributed by atoms with E-state index in [4.69, 9.17) is 4.74 Å². The molecule has 1 N–H and O–H groups in total. The predicted octanol–water partition coefficient (Wildman–Crippen LogP) is 1.19. The Morgan fingerprint density at radius 3 is 2.53 bits per heavy atom. The Kier molecular flexibility index (Phi) is 5.23. The van der Waals surface area contributed by atoms with E-state index in [-0.39, 0.29) is 0 Å². The van der Waals surface area contributed by atoms with Crippen LogP contribution >= 0.6 is 0 Å². The molecule has 0 aromatic carbocycles. The van der Waals surface area contributed by atoms with Crippen LogP contribution in [0.25, 0.3) is 0 Å². The smallest absolute Gasteiger partial charge is 0.0829 e. The van der Waals surface area contributed by atoms with Gasteiger partial charge in [0.05, 0.1) is 18.3 Å². The molecular weight excluding hydrogens is 240 g/mol. The Balaban J connectivity index is 1.73. The molecule has 0 aromatic rings. The summed E-state index contributed by atoms with van der Waals surface area (Å²) in [5, 5.41) is 9.97. The van der Waals surface area contributed by atoms with Gasteiger partial charge in [0, 0.05) is 39.3 Å². The van der Waals surface area contributed by atoms with E-state index in [0.717, 1.165) is 58.1 Å². The van der Waals surface area contributed by atoms with Gasteiger partial charge in [-0.1, -0.05) is 13.8 Å². The van der Waals surface area contributed by atoms with Crippen LogP contribution in [0.4, 0.5) is 0 Å². The van der Waals surface area contributed by atoms with E-state index in [9.17, 15) is 5.11 Å². The number of ether oxygens (including phenoxy) is 1. The molecule has 4 heteroatoms. The Morgan fingerprint density at radius 1 is 1.21 bits per heavy atom. The lowest BCUT2D eigenvalue weighted by atomic mass is 9.93. The molecule has 0 aromatic heterocycles. The molecule has 2 heterocycles. The number of likely N-dealkylation sites (tertiary alicyclic amines) is 1. The highest BCUT2D eigenvalue weighted by molar-refractivity contribution is 4.84. The van der Waals surface area contributed by atoms with Gasteiger partial charge in [-0.05, 0) is 25.7 Å². The van der Waals surface area contributed by atoms with E-state index >= 15 is 0 Å². The van der Waals surface area contributed by atoms with Gasteiger partial charge in [-0.15, -0.1) is 0 Å². The Labute approximate surface area is 117 Å². The van der Waals surface area contributed by atoms with Gasteiger partial charge in [0.1, 0.15) is 0 Å². The predicted molar refractivity (Wildman–Crippen MR) is 77.3 cm³/mol. The Hall–Kier alpha value is -0.160. The summed E-state index contributed by atoms with van der Waals surface area (Å²) in [6.45, 7) is 13.7. The summed E-state index contributed by atoms with van der Waals surface area (Å²) in [6.07, 6.45) is 2.11. The number of morpholine rings is 1. The highest BCUT2D eigenvalue weighted by Crippen LogP contribution is 2.21. The topological polar surface area (TPSA) is 35.9 Å². The second-order valence-electron chi connectivity index (χ2n) is 6.94. The monoisotopic (exact) mass is 270 g/mol. The summed E-state index contributed by atoms with van der Waals surface area (Å²) in [7, 11) is 0. The van der Waals surface area contributed by atoms with Crippen LogP contribution in [0.3, 0.4) is 0 Å². The number of hydrogen-bond donors (Lipinski definition) is 1. The second kappa shape index (κ2) is 6.53. The van der Waals surface area contributed by atoms with Gasteiger partial charge in [-0.2, -0.15) is 0 Å². The fourth-order valence-electron chi connectivity index (χ4n) is 3.08. The molecule has 4 nitrogen and oxygen atoms in total. The minimum atomic E-state index is -0.451. The number of rotatable bonds is 4. The highest BCUT2D eigenvalue weighted by atomic mass is 16.5. The third kappa shape index (κ3) is 5.03. The minimum absolute atomic E-state index is 0.343. The molecule has 2 rings (SSSR count). The summed E-state index contributed by atoms with van der Waals surface area (Å²) in [4.78, 5) is 4.97. The maximum absolute atomic E-state index is 9.97. The molecule has 0 amide bonds. The minimum Gasteiger partial charge on any atom is -0.390 e. The Morgan fingerprint density at radius 2 is 1.89 bits per heavy atom. The van der Waals surface area contributed by atoms with E-state index in [1.54, 1.807) is 0 Å². The zero-order chi connectivity index (χ0) is 13.9. The van der Waals surface area contributed by atoms with Crippen molar-refractivity contribution in [3.8, 4) is 0 Å². The first-order valence-corrected chi connectivity index (χ1v) is 7.73. The summed E-state index contributed by atoms with van der Waals surface area (Å²) in [5.41, 5.74) is -0.451. The van der Waals surface area contributed by atoms with Crippen molar-refractivity contribution in [2.45, 2.75) is 45.3 Å². The second-order valence-corrected chi connectivity index (χ2v) is 6.94. The summed E-state index contributed by atoms with van der Waals surface area (Å²) >= 11 is 0. The first-order valence-electron chi connectivity index (χ1n) is 7.73. The van der Waals surface area contributed by atoms with Crippen molar-refractivity contribution in [1.82, 2.24) is 9.80 Å². The fraction of sp³-hybridized carbons (Fsp3) is 1.00. The normalized spacial score (nSPS) is 29.8. The van der Waals surface area contributed by atoms with Crippen LogP contribution in [-0.4, -0.2) is 72.5 Å². The molecule has 2 saturated heterocycles. The summed E-state index contributed by atoms with van der Waals surface area (Å²) in [6, 6.07) is 0. The first-order chi connectivity index (χ1) is 8.94. The van der Waals surface area contributed by atoms with Crippen LogP contribution < -0.4 is 0 Å². The number of nitrogens with zero attached hydrogens (tertiary/aromatic N) is 2. The van der Waals surface area contributed by atoms with Gasteiger partial charge in [0.2, 0.25) is 0 Å². The van der Waals surface area contributed by atoms with Crippen molar-refractivity contribution < 1.29 is 9.84 Å². The zero-order valence-electron chi connectivity index (χ0n) is 12.8. The van der Waals surface area contributed by atoms with Crippen molar-refractivity contribution in [3.05, 3.63) is 0 Å².